The van der Waals surface area contributed by atoms with Gasteiger partial charge in [-0.15, -0.1) is 0 Å². The van der Waals surface area contributed by atoms with E-state index in [-0.39, 0.29) is 0 Å². The Labute approximate surface area is 119 Å². The van der Waals surface area contributed by atoms with Gasteiger partial charge in [0.25, 0.3) is 0 Å². The number of ether oxygens (including phenoxy) is 2. The Morgan fingerprint density at radius 1 is 1.15 bits per heavy atom. The maximum absolute atomic E-state index is 5.84. The van der Waals surface area contributed by atoms with E-state index in [2.05, 4.69) is 11.9 Å². The molecule has 2 aromatic rings. The van der Waals surface area contributed by atoms with E-state index in [1.807, 2.05) is 43.3 Å². The molecule has 4 nitrogen and oxygen atoms in total. The summed E-state index contributed by atoms with van der Waals surface area (Å²) < 4.78 is 11.5. The zero-order chi connectivity index (χ0) is 14.4. The molecule has 0 spiro atoms. The summed E-state index contributed by atoms with van der Waals surface area (Å²) in [5.74, 6) is 1.94. The Bertz CT molecular complexity index is 570. The summed E-state index contributed by atoms with van der Waals surface area (Å²) >= 11 is 0. The SMILES string of the molecule is CCCOc1ccccc1Oc1cc(CN)cc(C)n1. The highest BCUT2D eigenvalue weighted by molar-refractivity contribution is 5.42. The van der Waals surface area contributed by atoms with Gasteiger partial charge in [0.1, 0.15) is 0 Å². The highest BCUT2D eigenvalue weighted by atomic mass is 16.5. The van der Waals surface area contributed by atoms with Crippen molar-refractivity contribution in [3.8, 4) is 17.4 Å². The number of aryl methyl sites for hydroxylation is 1. The third-order valence-corrected chi connectivity index (χ3v) is 2.75. The quantitative estimate of drug-likeness (QED) is 0.875. The van der Waals surface area contributed by atoms with Gasteiger partial charge in [-0.25, -0.2) is 4.98 Å². The number of pyridine rings is 1. The molecule has 0 aliphatic rings. The van der Waals surface area contributed by atoms with Crippen molar-refractivity contribution < 1.29 is 9.47 Å². The van der Waals surface area contributed by atoms with E-state index in [0.29, 0.717) is 24.8 Å². The van der Waals surface area contributed by atoms with Crippen molar-refractivity contribution in [1.29, 1.82) is 0 Å². The first-order valence-electron chi connectivity index (χ1n) is 6.80. The lowest BCUT2D eigenvalue weighted by molar-refractivity contribution is 0.300. The first kappa shape index (κ1) is 14.3. The number of benzene rings is 1. The van der Waals surface area contributed by atoms with E-state index in [9.17, 15) is 0 Å². The average molecular weight is 272 g/mol. The minimum absolute atomic E-state index is 0.466. The van der Waals surface area contributed by atoms with Gasteiger partial charge in [-0.3, -0.25) is 0 Å². The van der Waals surface area contributed by atoms with Gasteiger partial charge in [0.2, 0.25) is 5.88 Å². The van der Waals surface area contributed by atoms with Crippen LogP contribution in [0.2, 0.25) is 0 Å². The molecule has 0 atom stereocenters. The van der Waals surface area contributed by atoms with Gasteiger partial charge in [-0.05, 0) is 37.1 Å². The van der Waals surface area contributed by atoms with Crippen LogP contribution in [0.3, 0.4) is 0 Å². The van der Waals surface area contributed by atoms with E-state index in [0.717, 1.165) is 23.4 Å². The predicted octanol–water partition coefficient (Wildman–Crippen LogP) is 3.43. The average Bonchev–Trinajstić information content (AvgIpc) is 2.45. The van der Waals surface area contributed by atoms with Gasteiger partial charge >= 0.3 is 0 Å². The molecule has 0 saturated carbocycles. The molecule has 0 aliphatic heterocycles. The number of hydrogen-bond acceptors (Lipinski definition) is 4. The molecule has 0 amide bonds. The summed E-state index contributed by atoms with van der Waals surface area (Å²) in [6.07, 6.45) is 0.953. The zero-order valence-corrected chi connectivity index (χ0v) is 11.9. The molecule has 0 bridgehead atoms. The summed E-state index contributed by atoms with van der Waals surface area (Å²) in [7, 11) is 0. The van der Waals surface area contributed by atoms with Crippen LogP contribution in [0.4, 0.5) is 0 Å². The number of para-hydroxylation sites is 2. The summed E-state index contributed by atoms with van der Waals surface area (Å²) in [4.78, 5) is 4.37. The van der Waals surface area contributed by atoms with Gasteiger partial charge in [0, 0.05) is 18.3 Å². The number of rotatable bonds is 6. The van der Waals surface area contributed by atoms with Crippen molar-refractivity contribution in [2.45, 2.75) is 26.8 Å². The third kappa shape index (κ3) is 3.71. The predicted molar refractivity (Wildman–Crippen MR) is 79.2 cm³/mol. The summed E-state index contributed by atoms with van der Waals surface area (Å²) in [5.41, 5.74) is 7.55. The van der Waals surface area contributed by atoms with Crippen LogP contribution < -0.4 is 15.2 Å². The fourth-order valence-corrected chi connectivity index (χ4v) is 1.86. The van der Waals surface area contributed by atoms with Crippen molar-refractivity contribution in [2.24, 2.45) is 5.73 Å². The molecule has 0 fully saturated rings. The molecule has 1 aromatic carbocycles. The van der Waals surface area contributed by atoms with E-state index in [1.54, 1.807) is 0 Å². The molecule has 0 radical (unpaired) electrons. The van der Waals surface area contributed by atoms with Crippen molar-refractivity contribution in [1.82, 2.24) is 4.98 Å². The highest BCUT2D eigenvalue weighted by Gasteiger charge is 2.07. The molecular weight excluding hydrogens is 252 g/mol. The van der Waals surface area contributed by atoms with Gasteiger partial charge in [-0.1, -0.05) is 19.1 Å². The van der Waals surface area contributed by atoms with Crippen LogP contribution in [0.25, 0.3) is 0 Å². The van der Waals surface area contributed by atoms with Crippen molar-refractivity contribution in [2.75, 3.05) is 6.61 Å². The number of nitrogens with zero attached hydrogens (tertiary/aromatic N) is 1. The topological polar surface area (TPSA) is 57.4 Å². The Morgan fingerprint density at radius 3 is 2.60 bits per heavy atom. The van der Waals surface area contributed by atoms with Crippen molar-refractivity contribution in [3.63, 3.8) is 0 Å². The fourth-order valence-electron chi connectivity index (χ4n) is 1.86. The summed E-state index contributed by atoms with van der Waals surface area (Å²) in [6.45, 7) is 5.12. The molecule has 0 saturated heterocycles. The maximum atomic E-state index is 5.84. The first-order valence-corrected chi connectivity index (χ1v) is 6.80. The number of nitrogens with two attached hydrogens (primary N) is 1. The molecule has 20 heavy (non-hydrogen) atoms. The number of hydrogen-bond donors (Lipinski definition) is 1. The second-order valence-corrected chi connectivity index (χ2v) is 4.56. The van der Waals surface area contributed by atoms with Crippen LogP contribution in [-0.4, -0.2) is 11.6 Å². The highest BCUT2D eigenvalue weighted by Crippen LogP contribution is 2.30. The number of aromatic nitrogens is 1. The largest absolute Gasteiger partial charge is 0.490 e. The Kier molecular flexibility index (Phi) is 4.96. The minimum Gasteiger partial charge on any atom is -0.490 e. The molecule has 106 valence electrons. The van der Waals surface area contributed by atoms with Crippen LogP contribution in [0, 0.1) is 6.92 Å². The van der Waals surface area contributed by atoms with E-state index in [4.69, 9.17) is 15.2 Å². The Hall–Kier alpha value is -2.07. The second-order valence-electron chi connectivity index (χ2n) is 4.56. The van der Waals surface area contributed by atoms with E-state index < -0.39 is 0 Å². The first-order chi connectivity index (χ1) is 9.72. The lowest BCUT2D eigenvalue weighted by Crippen LogP contribution is -2.01. The van der Waals surface area contributed by atoms with Gasteiger partial charge < -0.3 is 15.2 Å². The maximum Gasteiger partial charge on any atom is 0.219 e. The normalized spacial score (nSPS) is 10.3. The Morgan fingerprint density at radius 2 is 1.90 bits per heavy atom. The standard InChI is InChI=1S/C16H20N2O2/c1-3-8-19-14-6-4-5-7-15(14)20-16-10-13(11-17)9-12(2)18-16/h4-7,9-10H,3,8,11,17H2,1-2H3. The lowest BCUT2D eigenvalue weighted by atomic mass is 10.2. The molecular formula is C16H20N2O2. The third-order valence-electron chi connectivity index (χ3n) is 2.75. The molecule has 0 unspecified atom stereocenters. The zero-order valence-electron chi connectivity index (χ0n) is 11.9. The molecule has 2 N–H and O–H groups in total. The minimum atomic E-state index is 0.466. The Balaban J connectivity index is 2.23. The molecule has 0 aliphatic carbocycles. The van der Waals surface area contributed by atoms with Crippen LogP contribution in [-0.2, 0) is 6.54 Å². The van der Waals surface area contributed by atoms with Gasteiger partial charge in [0.15, 0.2) is 11.5 Å². The van der Waals surface area contributed by atoms with Crippen molar-refractivity contribution >= 4 is 0 Å². The summed E-state index contributed by atoms with van der Waals surface area (Å²) in [6, 6.07) is 11.4. The summed E-state index contributed by atoms with van der Waals surface area (Å²) in [5, 5.41) is 0. The van der Waals surface area contributed by atoms with Crippen LogP contribution in [0.5, 0.6) is 17.4 Å². The fraction of sp³-hybridized carbons (Fsp3) is 0.312. The second kappa shape index (κ2) is 6.91. The van der Waals surface area contributed by atoms with Crippen LogP contribution in [0.1, 0.15) is 24.6 Å². The van der Waals surface area contributed by atoms with E-state index in [1.165, 1.54) is 0 Å². The van der Waals surface area contributed by atoms with Gasteiger partial charge in [-0.2, -0.15) is 0 Å². The monoisotopic (exact) mass is 272 g/mol. The molecule has 2 rings (SSSR count). The van der Waals surface area contributed by atoms with Gasteiger partial charge in [0.05, 0.1) is 6.61 Å². The smallest absolute Gasteiger partial charge is 0.219 e. The van der Waals surface area contributed by atoms with Crippen LogP contribution in [0.15, 0.2) is 36.4 Å². The van der Waals surface area contributed by atoms with E-state index >= 15 is 0 Å². The molecule has 1 heterocycles. The lowest BCUT2D eigenvalue weighted by Gasteiger charge is -2.12. The molecule has 4 heteroatoms. The van der Waals surface area contributed by atoms with Crippen molar-refractivity contribution in [3.05, 3.63) is 47.7 Å². The van der Waals surface area contributed by atoms with Crippen LogP contribution >= 0.6 is 0 Å². The molecule has 1 aromatic heterocycles.